The fourth-order valence-electron chi connectivity index (χ4n) is 2.85. The summed E-state index contributed by atoms with van der Waals surface area (Å²) >= 11 is 0. The first-order valence-electron chi connectivity index (χ1n) is 9.02. The highest BCUT2D eigenvalue weighted by atomic mass is 16.5. The molecule has 0 saturated carbocycles. The van der Waals surface area contributed by atoms with Crippen molar-refractivity contribution in [3.05, 3.63) is 102 Å². The van der Waals surface area contributed by atoms with Crippen LogP contribution in [-0.2, 0) is 4.79 Å². The van der Waals surface area contributed by atoms with E-state index in [9.17, 15) is 9.59 Å². The molecule has 0 saturated heterocycles. The molecule has 28 heavy (non-hydrogen) atoms. The molecule has 0 fully saturated rings. The Hall–Kier alpha value is -3.60. The van der Waals surface area contributed by atoms with Gasteiger partial charge in [0.25, 0.3) is 11.8 Å². The van der Waals surface area contributed by atoms with Crippen molar-refractivity contribution in [2.45, 2.75) is 6.04 Å². The Labute approximate surface area is 164 Å². The van der Waals surface area contributed by atoms with Crippen LogP contribution in [0, 0.1) is 0 Å². The average molecular weight is 374 g/mol. The minimum absolute atomic E-state index is 0.151. The molecule has 0 aliphatic heterocycles. The first kappa shape index (κ1) is 19.2. The molecule has 2 N–H and O–H groups in total. The first-order valence-corrected chi connectivity index (χ1v) is 9.02. The predicted molar refractivity (Wildman–Crippen MR) is 108 cm³/mol. The van der Waals surface area contributed by atoms with Gasteiger partial charge in [0.05, 0.1) is 11.6 Å². The van der Waals surface area contributed by atoms with Gasteiger partial charge in [0, 0.05) is 7.05 Å². The first-order chi connectivity index (χ1) is 13.7. The van der Waals surface area contributed by atoms with Crippen LogP contribution < -0.4 is 15.4 Å². The molecule has 0 spiro atoms. The highest BCUT2D eigenvalue weighted by Gasteiger charge is 2.20. The number of para-hydroxylation sites is 1. The van der Waals surface area contributed by atoms with Crippen LogP contribution in [0.5, 0.6) is 5.75 Å². The van der Waals surface area contributed by atoms with Crippen LogP contribution in [0.25, 0.3) is 0 Å². The lowest BCUT2D eigenvalue weighted by Gasteiger charge is -2.21. The fourth-order valence-corrected chi connectivity index (χ4v) is 2.85. The summed E-state index contributed by atoms with van der Waals surface area (Å²) in [5, 5.41) is 5.58. The normalized spacial score (nSPS) is 10.4. The zero-order valence-electron chi connectivity index (χ0n) is 15.6. The van der Waals surface area contributed by atoms with Crippen LogP contribution in [0.4, 0.5) is 0 Å². The number of likely N-dealkylation sites (N-methyl/N-ethyl adjacent to an activating group) is 1. The van der Waals surface area contributed by atoms with Gasteiger partial charge in [-0.1, -0.05) is 72.8 Å². The van der Waals surface area contributed by atoms with E-state index in [4.69, 9.17) is 4.74 Å². The number of hydrogen-bond donors (Lipinski definition) is 2. The largest absolute Gasteiger partial charge is 0.483 e. The van der Waals surface area contributed by atoms with Crippen LogP contribution in [0.1, 0.15) is 27.5 Å². The number of carbonyl (C=O) groups excluding carboxylic acids is 2. The minimum Gasteiger partial charge on any atom is -0.483 e. The molecular formula is C23H22N2O3. The third-order valence-corrected chi connectivity index (χ3v) is 4.31. The molecule has 0 atom stereocenters. The van der Waals surface area contributed by atoms with E-state index in [0.717, 1.165) is 11.1 Å². The van der Waals surface area contributed by atoms with E-state index in [1.807, 2.05) is 60.7 Å². The van der Waals surface area contributed by atoms with Crippen molar-refractivity contribution < 1.29 is 14.3 Å². The standard InChI is InChI=1S/C23H22N2O3/c1-24-21(26)16-28-20-15-9-8-14-19(20)23(27)25-22(17-10-4-2-5-11-17)18-12-6-3-7-13-18/h2-15,22H,16H2,1H3,(H,24,26)(H,25,27). The van der Waals surface area contributed by atoms with Crippen LogP contribution >= 0.6 is 0 Å². The van der Waals surface area contributed by atoms with Crippen LogP contribution in [0.3, 0.4) is 0 Å². The van der Waals surface area contributed by atoms with Gasteiger partial charge in [-0.25, -0.2) is 0 Å². The van der Waals surface area contributed by atoms with E-state index in [0.29, 0.717) is 11.3 Å². The van der Waals surface area contributed by atoms with Crippen molar-refractivity contribution in [3.8, 4) is 5.75 Å². The van der Waals surface area contributed by atoms with Crippen LogP contribution in [0.2, 0.25) is 0 Å². The lowest BCUT2D eigenvalue weighted by Crippen LogP contribution is -2.30. The Balaban J connectivity index is 1.86. The van der Waals surface area contributed by atoms with Crippen molar-refractivity contribution in [1.29, 1.82) is 0 Å². The summed E-state index contributed by atoms with van der Waals surface area (Å²) in [5.41, 5.74) is 2.33. The molecule has 3 aromatic carbocycles. The molecule has 3 aromatic rings. The third-order valence-electron chi connectivity index (χ3n) is 4.31. The number of rotatable bonds is 7. The van der Waals surface area contributed by atoms with E-state index in [1.165, 1.54) is 7.05 Å². The molecule has 5 heteroatoms. The second-order valence-corrected chi connectivity index (χ2v) is 6.19. The van der Waals surface area contributed by atoms with Crippen molar-refractivity contribution in [2.24, 2.45) is 0 Å². The number of ether oxygens (including phenoxy) is 1. The number of nitrogens with one attached hydrogen (secondary N) is 2. The molecule has 3 rings (SSSR count). The van der Waals surface area contributed by atoms with E-state index >= 15 is 0 Å². The van der Waals surface area contributed by atoms with E-state index < -0.39 is 0 Å². The summed E-state index contributed by atoms with van der Waals surface area (Å²) < 4.78 is 5.53. The maximum absolute atomic E-state index is 13.0. The molecular weight excluding hydrogens is 352 g/mol. The highest BCUT2D eigenvalue weighted by molar-refractivity contribution is 5.97. The maximum Gasteiger partial charge on any atom is 0.257 e. The number of hydrogen-bond acceptors (Lipinski definition) is 3. The molecule has 0 radical (unpaired) electrons. The van der Waals surface area contributed by atoms with Gasteiger partial charge in [-0.3, -0.25) is 9.59 Å². The van der Waals surface area contributed by atoms with Gasteiger partial charge in [-0.15, -0.1) is 0 Å². The van der Waals surface area contributed by atoms with E-state index in [-0.39, 0.29) is 24.5 Å². The molecule has 0 heterocycles. The summed E-state index contributed by atoms with van der Waals surface area (Å²) in [6.07, 6.45) is 0. The molecule has 0 aliphatic rings. The fraction of sp³-hybridized carbons (Fsp3) is 0.130. The average Bonchev–Trinajstić information content (AvgIpc) is 2.77. The van der Waals surface area contributed by atoms with Crippen molar-refractivity contribution in [1.82, 2.24) is 10.6 Å². The Morgan fingerprint density at radius 1 is 0.821 bits per heavy atom. The molecule has 0 aliphatic carbocycles. The van der Waals surface area contributed by atoms with Crippen molar-refractivity contribution >= 4 is 11.8 Å². The zero-order valence-corrected chi connectivity index (χ0v) is 15.6. The minimum atomic E-state index is -0.304. The lowest BCUT2D eigenvalue weighted by molar-refractivity contribution is -0.122. The third kappa shape index (κ3) is 4.76. The molecule has 0 aromatic heterocycles. The summed E-state index contributed by atoms with van der Waals surface area (Å²) in [7, 11) is 1.54. The van der Waals surface area contributed by atoms with Gasteiger partial charge >= 0.3 is 0 Å². The summed E-state index contributed by atoms with van der Waals surface area (Å²) in [4.78, 5) is 24.5. The van der Waals surface area contributed by atoms with Gasteiger partial charge < -0.3 is 15.4 Å². The van der Waals surface area contributed by atoms with Gasteiger partial charge in [-0.2, -0.15) is 0 Å². The Morgan fingerprint density at radius 3 is 1.93 bits per heavy atom. The van der Waals surface area contributed by atoms with E-state index in [2.05, 4.69) is 10.6 Å². The van der Waals surface area contributed by atoms with Gasteiger partial charge in [0.1, 0.15) is 5.75 Å². The van der Waals surface area contributed by atoms with Crippen molar-refractivity contribution in [2.75, 3.05) is 13.7 Å². The second-order valence-electron chi connectivity index (χ2n) is 6.19. The number of carbonyl (C=O) groups is 2. The van der Waals surface area contributed by atoms with Crippen LogP contribution in [-0.4, -0.2) is 25.5 Å². The second kappa shape index (κ2) is 9.37. The lowest BCUT2D eigenvalue weighted by atomic mass is 9.98. The molecule has 142 valence electrons. The Bertz CT molecular complexity index is 887. The Morgan fingerprint density at radius 2 is 1.36 bits per heavy atom. The molecule has 0 unspecified atom stereocenters. The van der Waals surface area contributed by atoms with Crippen LogP contribution in [0.15, 0.2) is 84.9 Å². The van der Waals surface area contributed by atoms with E-state index in [1.54, 1.807) is 24.3 Å². The smallest absolute Gasteiger partial charge is 0.257 e. The molecule has 5 nitrogen and oxygen atoms in total. The zero-order chi connectivity index (χ0) is 19.8. The maximum atomic E-state index is 13.0. The summed E-state index contributed by atoms with van der Waals surface area (Å²) in [6, 6.07) is 26.1. The van der Waals surface area contributed by atoms with Gasteiger partial charge in [0.2, 0.25) is 0 Å². The molecule has 0 bridgehead atoms. The topological polar surface area (TPSA) is 67.4 Å². The number of amides is 2. The summed E-state index contributed by atoms with van der Waals surface area (Å²) in [5.74, 6) is -0.171. The highest BCUT2D eigenvalue weighted by Crippen LogP contribution is 2.24. The molecule has 2 amide bonds. The van der Waals surface area contributed by atoms with Gasteiger partial charge in [0.15, 0.2) is 6.61 Å². The quantitative estimate of drug-likeness (QED) is 0.667. The predicted octanol–water partition coefficient (Wildman–Crippen LogP) is 3.33. The number of benzene rings is 3. The van der Waals surface area contributed by atoms with Gasteiger partial charge in [-0.05, 0) is 23.3 Å². The van der Waals surface area contributed by atoms with Crippen molar-refractivity contribution in [3.63, 3.8) is 0 Å². The summed E-state index contributed by atoms with van der Waals surface area (Å²) in [6.45, 7) is -0.151. The SMILES string of the molecule is CNC(=O)COc1ccccc1C(=O)NC(c1ccccc1)c1ccccc1. The Kier molecular flexibility index (Phi) is 6.41. The monoisotopic (exact) mass is 374 g/mol.